The molecule has 0 saturated carbocycles. The number of carbonyl (C=O) groups is 1. The van der Waals surface area contributed by atoms with Gasteiger partial charge in [-0.2, -0.15) is 74.6 Å². The Hall–Kier alpha value is -1.98. The lowest BCUT2D eigenvalue weighted by atomic mass is 9.87. The normalized spacial score (nSPS) is 19.5. The van der Waals surface area contributed by atoms with Crippen LogP contribution in [0, 0.1) is 0 Å². The molecule has 2 nitrogen and oxygen atoms in total. The van der Waals surface area contributed by atoms with Crippen LogP contribution in [-0.4, -0.2) is 59.5 Å². The Labute approximate surface area is 189 Å². The van der Waals surface area contributed by atoms with Crippen molar-refractivity contribution in [3.05, 3.63) is 12.3 Å². The van der Waals surface area contributed by atoms with Gasteiger partial charge in [0.1, 0.15) is 6.10 Å². The Balaban J connectivity index is 3.18. The third-order valence-electron chi connectivity index (χ3n) is 5.01. The highest BCUT2D eigenvalue weighted by Crippen LogP contribution is 2.64. The number of alkyl halides is 17. The summed E-state index contributed by atoms with van der Waals surface area (Å²) in [5, 5.41) is 0. The van der Waals surface area contributed by atoms with Gasteiger partial charge < -0.3 is 4.74 Å². The predicted molar refractivity (Wildman–Crippen MR) is 82.8 cm³/mol. The van der Waals surface area contributed by atoms with Crippen molar-refractivity contribution < 1.29 is 84.2 Å². The molecule has 0 amide bonds. The van der Waals surface area contributed by atoms with Gasteiger partial charge in [-0.1, -0.05) is 0 Å². The maximum atomic E-state index is 13.7. The summed E-state index contributed by atoms with van der Waals surface area (Å²) in [7, 11) is 0. The van der Waals surface area contributed by atoms with E-state index in [0.717, 1.165) is 12.3 Å². The van der Waals surface area contributed by atoms with Crippen molar-refractivity contribution in [1.29, 1.82) is 0 Å². The molecule has 212 valence electrons. The SMILES string of the molecule is O=C1C=COC(CCCCC(F)(F)C(F)(F)C(F)(F)C(F)(F)C(F)(F)C(F)(F)C(F)(F)C(F)(F)F)C1. The number of ketones is 1. The Bertz CT molecular complexity index is 828. The summed E-state index contributed by atoms with van der Waals surface area (Å²) in [6.07, 6.45) is -12.0. The lowest BCUT2D eigenvalue weighted by Crippen LogP contribution is -2.74. The molecular formula is C17H13F17O2. The van der Waals surface area contributed by atoms with E-state index in [-0.39, 0.29) is 12.8 Å². The van der Waals surface area contributed by atoms with Crippen LogP contribution in [0.5, 0.6) is 0 Å². The molecule has 0 bridgehead atoms. The monoisotopic (exact) mass is 572 g/mol. The molecule has 0 saturated heterocycles. The fraction of sp³-hybridized carbons (Fsp3) is 0.824. The van der Waals surface area contributed by atoms with Crippen molar-refractivity contribution in [2.75, 3.05) is 0 Å². The Kier molecular flexibility index (Phi) is 8.37. The number of carbonyl (C=O) groups excluding carboxylic acids is 1. The lowest BCUT2D eigenvalue weighted by molar-refractivity contribution is -0.461. The van der Waals surface area contributed by atoms with Crippen LogP contribution in [0.1, 0.15) is 32.1 Å². The maximum absolute atomic E-state index is 13.7. The van der Waals surface area contributed by atoms with Crippen molar-refractivity contribution in [3.63, 3.8) is 0 Å². The fourth-order valence-electron chi connectivity index (χ4n) is 2.81. The van der Waals surface area contributed by atoms with Gasteiger partial charge >= 0.3 is 47.6 Å². The van der Waals surface area contributed by atoms with Gasteiger partial charge in [-0.05, 0) is 19.3 Å². The van der Waals surface area contributed by atoms with E-state index >= 15 is 0 Å². The van der Waals surface area contributed by atoms with Crippen molar-refractivity contribution in [2.24, 2.45) is 0 Å². The van der Waals surface area contributed by atoms with Gasteiger partial charge in [-0.15, -0.1) is 0 Å². The first kappa shape index (κ1) is 32.0. The number of ether oxygens (including phenoxy) is 1. The van der Waals surface area contributed by atoms with E-state index in [2.05, 4.69) is 0 Å². The summed E-state index contributed by atoms with van der Waals surface area (Å²) < 4.78 is 229. The van der Waals surface area contributed by atoms with Crippen molar-refractivity contribution >= 4 is 5.78 Å². The van der Waals surface area contributed by atoms with Crippen molar-refractivity contribution in [3.8, 4) is 0 Å². The molecule has 0 aromatic rings. The molecule has 0 N–H and O–H groups in total. The summed E-state index contributed by atoms with van der Waals surface area (Å²) in [5.74, 6) is -56.7. The topological polar surface area (TPSA) is 26.3 Å². The summed E-state index contributed by atoms with van der Waals surface area (Å²) >= 11 is 0. The Morgan fingerprint density at radius 2 is 1.06 bits per heavy atom. The summed E-state index contributed by atoms with van der Waals surface area (Å²) in [6.45, 7) is 0. The molecule has 1 unspecified atom stereocenters. The number of halogens is 17. The molecule has 0 fully saturated rings. The lowest BCUT2D eigenvalue weighted by Gasteiger charge is -2.42. The molecule has 36 heavy (non-hydrogen) atoms. The molecule has 1 heterocycles. The van der Waals surface area contributed by atoms with Gasteiger partial charge in [0.15, 0.2) is 5.78 Å². The molecule has 0 aromatic heterocycles. The largest absolute Gasteiger partial charge is 0.497 e. The van der Waals surface area contributed by atoms with E-state index in [1.165, 1.54) is 0 Å². The van der Waals surface area contributed by atoms with Crippen LogP contribution in [0.4, 0.5) is 74.6 Å². The molecular weight excluding hydrogens is 559 g/mol. The quantitative estimate of drug-likeness (QED) is 0.190. The van der Waals surface area contributed by atoms with Crippen LogP contribution in [0.3, 0.4) is 0 Å². The van der Waals surface area contributed by atoms with Crippen molar-refractivity contribution in [1.82, 2.24) is 0 Å². The molecule has 0 aliphatic carbocycles. The van der Waals surface area contributed by atoms with Gasteiger partial charge in [0.25, 0.3) is 0 Å². The number of hydrogen-bond donors (Lipinski definition) is 0. The predicted octanol–water partition coefficient (Wildman–Crippen LogP) is 7.43. The van der Waals surface area contributed by atoms with E-state index in [1.807, 2.05) is 0 Å². The molecule has 1 rings (SSSR count). The Morgan fingerprint density at radius 3 is 1.47 bits per heavy atom. The second-order valence-corrected chi connectivity index (χ2v) is 7.63. The average molecular weight is 572 g/mol. The van der Waals surface area contributed by atoms with Gasteiger partial charge in [0, 0.05) is 18.9 Å². The first-order valence-electron chi connectivity index (χ1n) is 9.28. The van der Waals surface area contributed by atoms with Crippen LogP contribution in [-0.2, 0) is 9.53 Å². The minimum absolute atomic E-state index is 0.320. The third kappa shape index (κ3) is 4.93. The van der Waals surface area contributed by atoms with Crippen LogP contribution in [0.15, 0.2) is 12.3 Å². The van der Waals surface area contributed by atoms with Gasteiger partial charge in [0.2, 0.25) is 0 Å². The number of hydrogen-bond acceptors (Lipinski definition) is 2. The summed E-state index contributed by atoms with van der Waals surface area (Å²) in [6, 6.07) is 0. The highest BCUT2D eigenvalue weighted by molar-refractivity contribution is 5.90. The smallest absolute Gasteiger partial charge is 0.460 e. The summed E-state index contributed by atoms with van der Waals surface area (Å²) in [5.41, 5.74) is 0. The molecule has 0 aromatic carbocycles. The second kappa shape index (κ2) is 9.40. The first-order chi connectivity index (χ1) is 15.7. The highest BCUT2D eigenvalue weighted by Gasteiger charge is 2.95. The minimum Gasteiger partial charge on any atom is -0.497 e. The molecule has 1 aliphatic rings. The zero-order valence-corrected chi connectivity index (χ0v) is 17.0. The molecule has 19 heteroatoms. The maximum Gasteiger partial charge on any atom is 0.460 e. The third-order valence-corrected chi connectivity index (χ3v) is 5.01. The van der Waals surface area contributed by atoms with Gasteiger partial charge in [0.05, 0.1) is 6.26 Å². The van der Waals surface area contributed by atoms with E-state index < -0.39 is 78.8 Å². The molecule has 1 atom stereocenters. The highest BCUT2D eigenvalue weighted by atomic mass is 19.4. The van der Waals surface area contributed by atoms with E-state index in [0.29, 0.717) is 0 Å². The van der Waals surface area contributed by atoms with E-state index in [1.54, 1.807) is 0 Å². The molecule has 1 aliphatic heterocycles. The van der Waals surface area contributed by atoms with E-state index in [9.17, 15) is 79.4 Å². The van der Waals surface area contributed by atoms with Crippen LogP contribution in [0.25, 0.3) is 0 Å². The molecule has 0 spiro atoms. The summed E-state index contributed by atoms with van der Waals surface area (Å²) in [4.78, 5) is 11.1. The van der Waals surface area contributed by atoms with Gasteiger partial charge in [-0.3, -0.25) is 4.79 Å². The second-order valence-electron chi connectivity index (χ2n) is 7.63. The van der Waals surface area contributed by atoms with Crippen LogP contribution in [0.2, 0.25) is 0 Å². The Morgan fingerprint density at radius 1 is 0.639 bits per heavy atom. The van der Waals surface area contributed by atoms with E-state index in [4.69, 9.17) is 4.74 Å². The molecule has 0 radical (unpaired) electrons. The first-order valence-corrected chi connectivity index (χ1v) is 9.28. The number of rotatable bonds is 11. The zero-order chi connectivity index (χ0) is 28.8. The van der Waals surface area contributed by atoms with Gasteiger partial charge in [-0.25, -0.2) is 0 Å². The minimum atomic E-state index is -8.62. The van der Waals surface area contributed by atoms with Crippen LogP contribution >= 0.6 is 0 Å². The average Bonchev–Trinajstić information content (AvgIpc) is 2.69. The fourth-order valence-corrected chi connectivity index (χ4v) is 2.81. The standard InChI is InChI=1S/C17H13F17O2/c18-10(19,5-2-1-3-9-7-8(35)4-6-36-9)11(20,21)12(22,23)13(24,25)14(26,27)15(28,29)16(30,31)17(32,33)34/h4,6,9H,1-3,5,7H2. The number of allylic oxidation sites excluding steroid dienone is 1. The van der Waals surface area contributed by atoms with Crippen LogP contribution < -0.4 is 0 Å². The zero-order valence-electron chi connectivity index (χ0n) is 17.0. The van der Waals surface area contributed by atoms with Crippen molar-refractivity contribution in [2.45, 2.75) is 85.8 Å². The number of unbranched alkanes of at least 4 members (excludes halogenated alkanes) is 1.